The zero-order valence-electron chi connectivity index (χ0n) is 7.66. The molecule has 0 spiro atoms. The van der Waals surface area contributed by atoms with E-state index < -0.39 is 5.97 Å². The van der Waals surface area contributed by atoms with Gasteiger partial charge in [-0.2, -0.15) is 0 Å². The molecule has 0 aliphatic rings. The minimum Gasteiger partial charge on any atom is -0.462 e. The molecular weight excluding hydrogens is 188 g/mol. The molecule has 13 heavy (non-hydrogen) atoms. The van der Waals surface area contributed by atoms with E-state index in [2.05, 4.69) is 19.2 Å². The van der Waals surface area contributed by atoms with Gasteiger partial charge in [0.2, 0.25) is 0 Å². The van der Waals surface area contributed by atoms with Crippen LogP contribution in [-0.2, 0) is 9.53 Å². The molecular formula is C9H16O3S. The zero-order valence-corrected chi connectivity index (χ0v) is 8.56. The summed E-state index contributed by atoms with van der Waals surface area (Å²) < 4.78 is 4.81. The van der Waals surface area contributed by atoms with Crippen LogP contribution in [0.2, 0.25) is 0 Å². The Bertz CT molecular complexity index is 168. The quantitative estimate of drug-likeness (QED) is 0.286. The molecule has 76 valence electrons. The highest BCUT2D eigenvalue weighted by Crippen LogP contribution is 2.02. The average Bonchev–Trinajstić information content (AvgIpc) is 2.10. The van der Waals surface area contributed by atoms with Gasteiger partial charge in [-0.25, -0.2) is 4.79 Å². The van der Waals surface area contributed by atoms with Crippen LogP contribution in [0.3, 0.4) is 0 Å². The molecule has 0 aliphatic heterocycles. The summed E-state index contributed by atoms with van der Waals surface area (Å²) in [6.45, 7) is 3.98. The molecule has 0 amide bonds. The first-order chi connectivity index (χ1) is 6.18. The number of ether oxygens (including phenoxy) is 1. The maximum Gasteiger partial charge on any atom is 0.343 e. The molecule has 0 aliphatic carbocycles. The first-order valence-electron chi connectivity index (χ1n) is 4.34. The number of aliphatic hydroxyl groups excluding tert-OH is 1. The second-order valence-electron chi connectivity index (χ2n) is 2.72. The molecule has 0 fully saturated rings. The fourth-order valence-corrected chi connectivity index (χ4v) is 0.880. The lowest BCUT2D eigenvalue weighted by molar-refractivity contribution is -0.138. The molecule has 0 unspecified atom stereocenters. The minimum atomic E-state index is -0.453. The Labute approximate surface area is 84.2 Å². The van der Waals surface area contributed by atoms with Crippen molar-refractivity contribution < 1.29 is 14.6 Å². The molecule has 0 saturated heterocycles. The summed E-state index contributed by atoms with van der Waals surface area (Å²) >= 11 is 3.75. The van der Waals surface area contributed by atoms with Crippen molar-refractivity contribution >= 4 is 18.6 Å². The largest absolute Gasteiger partial charge is 0.462 e. The highest BCUT2D eigenvalue weighted by molar-refractivity contribution is 7.85. The summed E-state index contributed by atoms with van der Waals surface area (Å²) in [5.41, 5.74) is 0. The molecule has 1 N–H and O–H groups in total. The van der Waals surface area contributed by atoms with E-state index in [0.29, 0.717) is 6.61 Å². The van der Waals surface area contributed by atoms with Crippen molar-refractivity contribution in [3.63, 3.8) is 0 Å². The van der Waals surface area contributed by atoms with E-state index >= 15 is 0 Å². The number of carbonyl (C=O) groups excluding carboxylic acids is 1. The third-order valence-electron chi connectivity index (χ3n) is 1.52. The van der Waals surface area contributed by atoms with Crippen LogP contribution in [0.1, 0.15) is 25.7 Å². The van der Waals surface area contributed by atoms with Gasteiger partial charge in [-0.15, -0.1) is 12.6 Å². The molecule has 0 aromatic carbocycles. The van der Waals surface area contributed by atoms with Crippen molar-refractivity contribution in [3.8, 4) is 0 Å². The molecule has 0 aromatic rings. The van der Waals surface area contributed by atoms with E-state index in [1.165, 1.54) is 0 Å². The predicted octanol–water partition coefficient (Wildman–Crippen LogP) is 1.53. The topological polar surface area (TPSA) is 46.5 Å². The average molecular weight is 204 g/mol. The van der Waals surface area contributed by atoms with Crippen LogP contribution >= 0.6 is 12.6 Å². The maximum atomic E-state index is 10.8. The molecule has 0 heterocycles. The number of aliphatic hydroxyl groups is 1. The molecule has 3 nitrogen and oxygen atoms in total. The van der Waals surface area contributed by atoms with Gasteiger partial charge in [0.05, 0.1) is 11.5 Å². The van der Waals surface area contributed by atoms with E-state index in [0.717, 1.165) is 25.7 Å². The predicted molar refractivity (Wildman–Crippen MR) is 54.6 cm³/mol. The van der Waals surface area contributed by atoms with Crippen molar-refractivity contribution in [1.82, 2.24) is 0 Å². The number of hydrogen-bond acceptors (Lipinski definition) is 4. The molecule has 0 bridgehead atoms. The van der Waals surface area contributed by atoms with Crippen LogP contribution in [0.15, 0.2) is 11.5 Å². The van der Waals surface area contributed by atoms with E-state index in [9.17, 15) is 4.79 Å². The third kappa shape index (κ3) is 7.87. The second kappa shape index (κ2) is 8.13. The van der Waals surface area contributed by atoms with Crippen molar-refractivity contribution in [2.24, 2.45) is 0 Å². The van der Waals surface area contributed by atoms with Crippen LogP contribution in [0.5, 0.6) is 0 Å². The van der Waals surface area contributed by atoms with E-state index in [4.69, 9.17) is 9.84 Å². The molecule has 0 aromatic heterocycles. The van der Waals surface area contributed by atoms with Crippen LogP contribution in [0, 0.1) is 0 Å². The Morgan fingerprint density at radius 2 is 1.92 bits per heavy atom. The molecule has 0 atom stereocenters. The maximum absolute atomic E-state index is 10.8. The van der Waals surface area contributed by atoms with Gasteiger partial charge in [-0.3, -0.25) is 0 Å². The van der Waals surface area contributed by atoms with Crippen molar-refractivity contribution in [2.45, 2.75) is 25.7 Å². The van der Waals surface area contributed by atoms with Gasteiger partial charge in [0.15, 0.2) is 0 Å². The van der Waals surface area contributed by atoms with Gasteiger partial charge >= 0.3 is 5.97 Å². The smallest absolute Gasteiger partial charge is 0.343 e. The normalized spacial score (nSPS) is 9.69. The van der Waals surface area contributed by atoms with Gasteiger partial charge in [-0.1, -0.05) is 13.0 Å². The number of esters is 1. The second-order valence-corrected chi connectivity index (χ2v) is 3.26. The summed E-state index contributed by atoms with van der Waals surface area (Å²) in [6.07, 6.45) is 3.57. The van der Waals surface area contributed by atoms with E-state index in [1.54, 1.807) is 0 Å². The fraction of sp³-hybridized carbons (Fsp3) is 0.667. The van der Waals surface area contributed by atoms with Crippen LogP contribution < -0.4 is 0 Å². The molecule has 0 radical (unpaired) electrons. The lowest BCUT2D eigenvalue weighted by Gasteiger charge is -2.02. The summed E-state index contributed by atoms with van der Waals surface area (Å²) in [7, 11) is 0. The SMILES string of the molecule is C=C(S)C(=O)OCCCCCCO. The highest BCUT2D eigenvalue weighted by atomic mass is 32.1. The van der Waals surface area contributed by atoms with Crippen molar-refractivity contribution in [2.75, 3.05) is 13.2 Å². The van der Waals surface area contributed by atoms with Crippen molar-refractivity contribution in [1.29, 1.82) is 0 Å². The number of thiol groups is 1. The Kier molecular flexibility index (Phi) is 7.83. The summed E-state index contributed by atoms with van der Waals surface area (Å²) in [5.74, 6) is -0.453. The Morgan fingerprint density at radius 1 is 1.31 bits per heavy atom. The molecule has 0 saturated carbocycles. The van der Waals surface area contributed by atoms with Crippen LogP contribution in [0.25, 0.3) is 0 Å². The minimum absolute atomic E-state index is 0.135. The number of unbranched alkanes of at least 4 members (excludes halogenated alkanes) is 3. The van der Waals surface area contributed by atoms with Gasteiger partial charge in [0, 0.05) is 6.61 Å². The summed E-state index contributed by atoms with van der Waals surface area (Å²) in [4.78, 5) is 10.9. The van der Waals surface area contributed by atoms with Crippen LogP contribution in [-0.4, -0.2) is 24.3 Å². The van der Waals surface area contributed by atoms with Gasteiger partial charge < -0.3 is 9.84 Å². The van der Waals surface area contributed by atoms with E-state index in [-0.39, 0.29) is 11.5 Å². The van der Waals surface area contributed by atoms with Gasteiger partial charge in [-0.05, 0) is 19.3 Å². The van der Waals surface area contributed by atoms with E-state index in [1.807, 2.05) is 0 Å². The lowest BCUT2D eigenvalue weighted by atomic mass is 10.2. The van der Waals surface area contributed by atoms with Crippen molar-refractivity contribution in [3.05, 3.63) is 11.5 Å². The molecule has 4 heteroatoms. The number of rotatable bonds is 7. The fourth-order valence-electron chi connectivity index (χ4n) is 0.816. The zero-order chi connectivity index (χ0) is 10.1. The Morgan fingerprint density at radius 3 is 2.46 bits per heavy atom. The van der Waals surface area contributed by atoms with Gasteiger partial charge in [0.25, 0.3) is 0 Å². The first kappa shape index (κ1) is 12.5. The van der Waals surface area contributed by atoms with Crippen LogP contribution in [0.4, 0.5) is 0 Å². The lowest BCUT2D eigenvalue weighted by Crippen LogP contribution is -2.05. The monoisotopic (exact) mass is 204 g/mol. The first-order valence-corrected chi connectivity index (χ1v) is 4.79. The Balaban J connectivity index is 3.16. The number of carbonyl (C=O) groups is 1. The highest BCUT2D eigenvalue weighted by Gasteiger charge is 2.02. The molecule has 0 rings (SSSR count). The standard InChI is InChI=1S/C9H16O3S/c1-8(13)9(11)12-7-5-3-2-4-6-10/h10,13H,1-7H2. The number of hydrogen-bond donors (Lipinski definition) is 2. The Hall–Kier alpha value is -0.480. The summed E-state index contributed by atoms with van der Waals surface area (Å²) in [5, 5.41) is 8.48. The summed E-state index contributed by atoms with van der Waals surface area (Å²) in [6, 6.07) is 0. The third-order valence-corrected chi connectivity index (χ3v) is 1.70. The van der Waals surface area contributed by atoms with Gasteiger partial charge in [0.1, 0.15) is 0 Å².